The van der Waals surface area contributed by atoms with Crippen molar-refractivity contribution < 1.29 is 0 Å². The topological polar surface area (TPSA) is 27.8 Å². The predicted octanol–water partition coefficient (Wildman–Crippen LogP) is 4.94. The van der Waals surface area contributed by atoms with Crippen LogP contribution in [-0.4, -0.2) is 18.1 Å². The van der Waals surface area contributed by atoms with Crippen LogP contribution in [0.4, 0.5) is 0 Å². The quantitative estimate of drug-likeness (QED) is 0.619. The van der Waals surface area contributed by atoms with Gasteiger partial charge in [0.1, 0.15) is 0 Å². The minimum absolute atomic E-state index is 0.519. The molecule has 3 rings (SSSR count). The zero-order valence-electron chi connectivity index (χ0n) is 13.4. The highest BCUT2D eigenvalue weighted by Crippen LogP contribution is 2.36. The van der Waals surface area contributed by atoms with E-state index in [4.69, 9.17) is 0 Å². The number of hydrogen-bond acceptors (Lipinski definition) is 1. The number of benzene rings is 2. The number of para-hydroxylation sites is 1. The molecule has 0 aliphatic carbocycles. The Morgan fingerprint density at radius 3 is 2.50 bits per heavy atom. The van der Waals surface area contributed by atoms with Gasteiger partial charge in [-0.3, -0.25) is 0 Å². The van der Waals surface area contributed by atoms with Gasteiger partial charge in [-0.15, -0.1) is 0 Å². The molecule has 2 heteroatoms. The van der Waals surface area contributed by atoms with Crippen molar-refractivity contribution in [2.45, 2.75) is 26.2 Å². The van der Waals surface area contributed by atoms with Gasteiger partial charge in [0.05, 0.1) is 0 Å². The first kappa shape index (κ1) is 14.9. The molecule has 0 saturated carbocycles. The van der Waals surface area contributed by atoms with Gasteiger partial charge in [0, 0.05) is 16.6 Å². The maximum Gasteiger partial charge on any atom is 0.0500 e. The predicted molar refractivity (Wildman–Crippen MR) is 95.3 cm³/mol. The lowest BCUT2D eigenvalue weighted by molar-refractivity contribution is 0.612. The van der Waals surface area contributed by atoms with Crippen molar-refractivity contribution in [2.24, 2.45) is 0 Å². The van der Waals surface area contributed by atoms with Crippen LogP contribution >= 0.6 is 0 Å². The molecule has 0 radical (unpaired) electrons. The molecule has 0 amide bonds. The summed E-state index contributed by atoms with van der Waals surface area (Å²) in [5, 5.41) is 4.79. The van der Waals surface area contributed by atoms with Crippen molar-refractivity contribution in [1.29, 1.82) is 0 Å². The van der Waals surface area contributed by atoms with Gasteiger partial charge in [-0.25, -0.2) is 0 Å². The highest BCUT2D eigenvalue weighted by atomic mass is 14.8. The second kappa shape index (κ2) is 6.80. The summed E-state index contributed by atoms with van der Waals surface area (Å²) >= 11 is 0. The number of H-pyrrole nitrogens is 1. The summed E-state index contributed by atoms with van der Waals surface area (Å²) in [5.41, 5.74) is 5.21. The van der Waals surface area contributed by atoms with Gasteiger partial charge in [0.15, 0.2) is 0 Å². The van der Waals surface area contributed by atoms with Crippen LogP contribution in [-0.2, 0) is 0 Å². The molecule has 22 heavy (non-hydrogen) atoms. The van der Waals surface area contributed by atoms with Crippen molar-refractivity contribution in [2.75, 3.05) is 13.1 Å². The first-order chi connectivity index (χ1) is 10.8. The third-order valence-corrected chi connectivity index (χ3v) is 4.31. The van der Waals surface area contributed by atoms with Gasteiger partial charge in [0.2, 0.25) is 0 Å². The number of aromatic amines is 1. The number of fused-ring (bicyclic) bond motifs is 1. The molecule has 0 bridgehead atoms. The van der Waals surface area contributed by atoms with E-state index in [1.165, 1.54) is 27.7 Å². The zero-order valence-corrected chi connectivity index (χ0v) is 13.4. The van der Waals surface area contributed by atoms with E-state index in [0.717, 1.165) is 19.5 Å². The summed E-state index contributed by atoms with van der Waals surface area (Å²) in [6.07, 6.45) is 1.15. The van der Waals surface area contributed by atoms with Crippen LogP contribution in [0.2, 0.25) is 0 Å². The molecular weight excluding hydrogens is 268 g/mol. The number of aromatic nitrogens is 1. The van der Waals surface area contributed by atoms with Gasteiger partial charge < -0.3 is 10.3 Å². The van der Waals surface area contributed by atoms with Crippen LogP contribution in [0.5, 0.6) is 0 Å². The molecule has 0 fully saturated rings. The van der Waals surface area contributed by atoms with E-state index in [9.17, 15) is 0 Å². The minimum atomic E-state index is 0.519. The van der Waals surface area contributed by atoms with E-state index < -0.39 is 0 Å². The van der Waals surface area contributed by atoms with Crippen molar-refractivity contribution in [3.63, 3.8) is 0 Å². The van der Waals surface area contributed by atoms with E-state index in [1.807, 2.05) is 0 Å². The van der Waals surface area contributed by atoms with Gasteiger partial charge in [0.25, 0.3) is 0 Å². The lowest BCUT2D eigenvalue weighted by Gasteiger charge is -2.14. The third-order valence-electron chi connectivity index (χ3n) is 4.31. The monoisotopic (exact) mass is 292 g/mol. The van der Waals surface area contributed by atoms with Crippen LogP contribution in [0.3, 0.4) is 0 Å². The fourth-order valence-electron chi connectivity index (χ4n) is 3.15. The summed E-state index contributed by atoms with van der Waals surface area (Å²) in [6, 6.07) is 19.3. The molecule has 1 heterocycles. The van der Waals surface area contributed by atoms with E-state index in [-0.39, 0.29) is 0 Å². The molecule has 2 aromatic carbocycles. The molecule has 0 aliphatic heterocycles. The lowest BCUT2D eigenvalue weighted by Crippen LogP contribution is -2.16. The Hall–Kier alpha value is -2.06. The molecule has 3 aromatic rings. The first-order valence-electron chi connectivity index (χ1n) is 8.18. The number of hydrogen-bond donors (Lipinski definition) is 2. The summed E-state index contributed by atoms with van der Waals surface area (Å²) < 4.78 is 0. The summed E-state index contributed by atoms with van der Waals surface area (Å²) in [4.78, 5) is 3.63. The molecule has 1 unspecified atom stereocenters. The van der Waals surface area contributed by atoms with Crippen molar-refractivity contribution in [1.82, 2.24) is 10.3 Å². The Morgan fingerprint density at radius 1 is 1.00 bits per heavy atom. The Kier molecular flexibility index (Phi) is 4.59. The average molecular weight is 292 g/mol. The van der Waals surface area contributed by atoms with Gasteiger partial charge >= 0.3 is 0 Å². The smallest absolute Gasteiger partial charge is 0.0500 e. The molecule has 0 saturated heterocycles. The number of rotatable bonds is 6. The SMILES string of the molecule is CCNCCC(C)c1c(-c2ccccc2)[nH]c2ccccc12. The minimum Gasteiger partial charge on any atom is -0.354 e. The molecule has 0 aliphatic rings. The van der Waals surface area contributed by atoms with Gasteiger partial charge in [-0.05, 0) is 42.6 Å². The van der Waals surface area contributed by atoms with Crippen molar-refractivity contribution in [3.05, 3.63) is 60.2 Å². The van der Waals surface area contributed by atoms with Crippen molar-refractivity contribution >= 4 is 10.9 Å². The summed E-state index contributed by atoms with van der Waals surface area (Å²) in [6.45, 7) is 6.59. The van der Waals surface area contributed by atoms with Crippen LogP contribution in [0.25, 0.3) is 22.2 Å². The van der Waals surface area contributed by atoms with Crippen LogP contribution < -0.4 is 5.32 Å². The van der Waals surface area contributed by atoms with Gasteiger partial charge in [-0.1, -0.05) is 62.4 Å². The average Bonchev–Trinajstić information content (AvgIpc) is 2.95. The molecule has 2 N–H and O–H groups in total. The Balaban J connectivity index is 2.05. The number of nitrogens with one attached hydrogen (secondary N) is 2. The highest BCUT2D eigenvalue weighted by Gasteiger charge is 2.17. The van der Waals surface area contributed by atoms with E-state index in [2.05, 4.69) is 78.7 Å². The second-order valence-electron chi connectivity index (χ2n) is 5.87. The fraction of sp³-hybridized carbons (Fsp3) is 0.300. The maximum absolute atomic E-state index is 3.63. The first-order valence-corrected chi connectivity index (χ1v) is 8.18. The molecule has 1 aromatic heterocycles. The summed E-state index contributed by atoms with van der Waals surface area (Å²) in [7, 11) is 0. The molecular formula is C20H24N2. The molecule has 114 valence electrons. The van der Waals surface area contributed by atoms with Crippen LogP contribution in [0.15, 0.2) is 54.6 Å². The molecule has 2 nitrogen and oxygen atoms in total. The molecule has 0 spiro atoms. The molecule has 1 atom stereocenters. The Morgan fingerprint density at radius 2 is 1.73 bits per heavy atom. The van der Waals surface area contributed by atoms with Gasteiger partial charge in [-0.2, -0.15) is 0 Å². The maximum atomic E-state index is 3.63. The lowest BCUT2D eigenvalue weighted by atomic mass is 9.92. The highest BCUT2D eigenvalue weighted by molar-refractivity contribution is 5.91. The normalized spacial score (nSPS) is 12.6. The second-order valence-corrected chi connectivity index (χ2v) is 5.87. The third kappa shape index (κ3) is 2.93. The van der Waals surface area contributed by atoms with Crippen LogP contribution in [0, 0.1) is 0 Å². The zero-order chi connectivity index (χ0) is 15.4. The van der Waals surface area contributed by atoms with E-state index in [1.54, 1.807) is 0 Å². The standard InChI is InChI=1S/C20H24N2/c1-3-21-14-13-15(2)19-17-11-7-8-12-18(17)22-20(19)16-9-5-4-6-10-16/h4-12,15,21-22H,3,13-14H2,1-2H3. The summed E-state index contributed by atoms with van der Waals surface area (Å²) in [5.74, 6) is 0.519. The van der Waals surface area contributed by atoms with Crippen LogP contribution in [0.1, 0.15) is 31.7 Å². The fourth-order valence-corrected chi connectivity index (χ4v) is 3.15. The largest absolute Gasteiger partial charge is 0.354 e. The Bertz CT molecular complexity index is 728. The van der Waals surface area contributed by atoms with Crippen molar-refractivity contribution in [3.8, 4) is 11.3 Å². The van der Waals surface area contributed by atoms with E-state index in [0.29, 0.717) is 5.92 Å². The van der Waals surface area contributed by atoms with E-state index >= 15 is 0 Å². The Labute approximate surface area is 132 Å².